The van der Waals surface area contributed by atoms with E-state index in [-0.39, 0.29) is 12.3 Å². The third-order valence-corrected chi connectivity index (χ3v) is 3.75. The summed E-state index contributed by atoms with van der Waals surface area (Å²) in [4.78, 5) is 21.2. The minimum atomic E-state index is -0.779. The monoisotopic (exact) mass is 249 g/mol. The lowest BCUT2D eigenvalue weighted by molar-refractivity contribution is -0.136. The highest BCUT2D eigenvalue weighted by Gasteiger charge is 2.00. The summed E-state index contributed by atoms with van der Waals surface area (Å²) >= 11 is 0. The van der Waals surface area contributed by atoms with Crippen molar-refractivity contribution in [3.05, 3.63) is 12.2 Å². The van der Waals surface area contributed by atoms with Crippen LogP contribution in [-0.4, -0.2) is 35.0 Å². The molecule has 4 nitrogen and oxygen atoms in total. The number of carbonyl (C=O) groups is 2. The van der Waals surface area contributed by atoms with E-state index in [1.807, 2.05) is 0 Å². The summed E-state index contributed by atoms with van der Waals surface area (Å²) in [6, 6.07) is 0. The molecule has 0 aromatic heterocycles. The Hall–Kier alpha value is -0.620. The molecule has 0 unspecified atom stereocenters. The van der Waals surface area contributed by atoms with Gasteiger partial charge in [0, 0.05) is 23.6 Å². The van der Waals surface area contributed by atoms with Crippen molar-refractivity contribution in [2.24, 2.45) is 0 Å². The minimum Gasteiger partial charge on any atom is -0.481 e. The second-order valence-electron chi connectivity index (χ2n) is 2.82. The highest BCUT2D eigenvalue weighted by molar-refractivity contribution is 8.76. The zero-order valence-corrected chi connectivity index (χ0v) is 10.2. The van der Waals surface area contributed by atoms with E-state index in [0.29, 0.717) is 17.9 Å². The van der Waals surface area contributed by atoms with E-state index in [1.165, 1.54) is 10.8 Å². The fourth-order valence-corrected chi connectivity index (χ4v) is 2.49. The molecule has 15 heavy (non-hydrogen) atoms. The van der Waals surface area contributed by atoms with Crippen molar-refractivity contribution in [1.82, 2.24) is 5.32 Å². The average molecular weight is 249 g/mol. The molecule has 0 atom stereocenters. The molecule has 0 heterocycles. The predicted molar refractivity (Wildman–Crippen MR) is 65.0 cm³/mol. The third kappa shape index (κ3) is 9.68. The van der Waals surface area contributed by atoms with Gasteiger partial charge in [-0.05, 0) is 6.92 Å². The molecular weight excluding hydrogens is 234 g/mol. The van der Waals surface area contributed by atoms with Crippen molar-refractivity contribution < 1.29 is 14.7 Å². The van der Waals surface area contributed by atoms with Gasteiger partial charge in [-0.3, -0.25) is 9.59 Å². The normalized spacial score (nSPS) is 9.67. The number of hydrogen-bond donors (Lipinski definition) is 2. The number of aliphatic carboxylic acids is 1. The summed E-state index contributed by atoms with van der Waals surface area (Å²) in [6.07, 6.45) is 0.176. The maximum Gasteiger partial charge on any atom is 0.304 e. The van der Waals surface area contributed by atoms with E-state index >= 15 is 0 Å². The van der Waals surface area contributed by atoms with Gasteiger partial charge in [0.15, 0.2) is 0 Å². The first-order chi connectivity index (χ1) is 7.04. The molecular formula is C9H15NO3S2. The maximum atomic E-state index is 11.0. The first-order valence-corrected chi connectivity index (χ1v) is 6.92. The Balaban J connectivity index is 3.22. The maximum absolute atomic E-state index is 11.0. The van der Waals surface area contributed by atoms with Gasteiger partial charge in [-0.15, -0.1) is 0 Å². The summed E-state index contributed by atoms with van der Waals surface area (Å²) in [5, 5.41) is 11.1. The molecule has 0 aliphatic rings. The highest BCUT2D eigenvalue weighted by Crippen LogP contribution is 2.20. The standard InChI is InChI=1S/C9H15NO3S2/c1-7(2)9(13)10-4-6-15-14-5-3-8(11)12/h1,3-6H2,2H3,(H,10,13)(H,11,12). The van der Waals surface area contributed by atoms with Crippen LogP contribution in [0.1, 0.15) is 13.3 Å². The predicted octanol–water partition coefficient (Wildman–Crippen LogP) is 1.53. The number of carboxylic acid groups (broad SMARTS) is 1. The molecule has 0 aliphatic heterocycles. The second-order valence-corrected chi connectivity index (χ2v) is 5.53. The Morgan fingerprint density at radius 2 is 1.93 bits per heavy atom. The quantitative estimate of drug-likeness (QED) is 0.388. The number of nitrogens with one attached hydrogen (secondary N) is 1. The fraction of sp³-hybridized carbons (Fsp3) is 0.556. The van der Waals surface area contributed by atoms with Crippen molar-refractivity contribution >= 4 is 33.5 Å². The molecule has 0 radical (unpaired) electrons. The van der Waals surface area contributed by atoms with E-state index in [0.717, 1.165) is 5.75 Å². The van der Waals surface area contributed by atoms with Gasteiger partial charge in [-0.1, -0.05) is 28.2 Å². The van der Waals surface area contributed by atoms with Gasteiger partial charge in [0.05, 0.1) is 6.42 Å². The summed E-state index contributed by atoms with van der Waals surface area (Å²) in [7, 11) is 3.06. The van der Waals surface area contributed by atoms with Crippen molar-refractivity contribution in [2.45, 2.75) is 13.3 Å². The summed E-state index contributed by atoms with van der Waals surface area (Å²) in [6.45, 7) is 5.75. The number of carbonyl (C=O) groups excluding carboxylic acids is 1. The number of hydrogen-bond acceptors (Lipinski definition) is 4. The van der Waals surface area contributed by atoms with E-state index < -0.39 is 5.97 Å². The van der Waals surface area contributed by atoms with Crippen molar-refractivity contribution in [3.63, 3.8) is 0 Å². The molecule has 0 saturated carbocycles. The largest absolute Gasteiger partial charge is 0.481 e. The molecule has 0 rings (SSSR count). The number of rotatable bonds is 8. The first kappa shape index (κ1) is 14.4. The topological polar surface area (TPSA) is 66.4 Å². The zero-order chi connectivity index (χ0) is 11.7. The lowest BCUT2D eigenvalue weighted by atomic mass is 10.3. The van der Waals surface area contributed by atoms with Crippen LogP contribution in [0.3, 0.4) is 0 Å². The van der Waals surface area contributed by atoms with Gasteiger partial charge in [-0.2, -0.15) is 0 Å². The Kier molecular flexibility index (Phi) is 8.31. The summed E-state index contributed by atoms with van der Waals surface area (Å²) in [5.74, 6) is 0.447. The molecule has 0 aromatic rings. The minimum absolute atomic E-state index is 0.133. The van der Waals surface area contributed by atoms with E-state index in [2.05, 4.69) is 11.9 Å². The first-order valence-electron chi connectivity index (χ1n) is 4.44. The lowest BCUT2D eigenvalue weighted by Gasteiger charge is -2.03. The van der Waals surface area contributed by atoms with Gasteiger partial charge < -0.3 is 10.4 Å². The van der Waals surface area contributed by atoms with Crippen molar-refractivity contribution in [1.29, 1.82) is 0 Å². The number of amides is 1. The van der Waals surface area contributed by atoms with E-state index in [9.17, 15) is 9.59 Å². The van der Waals surface area contributed by atoms with Gasteiger partial charge in [0.1, 0.15) is 0 Å². The SMILES string of the molecule is C=C(C)C(=O)NCCSSCCC(=O)O. The van der Waals surface area contributed by atoms with Gasteiger partial charge >= 0.3 is 5.97 Å². The third-order valence-electron chi connectivity index (χ3n) is 1.34. The van der Waals surface area contributed by atoms with Crippen LogP contribution in [0.2, 0.25) is 0 Å². The molecule has 0 fully saturated rings. The molecule has 1 amide bonds. The molecule has 0 saturated heterocycles. The van der Waals surface area contributed by atoms with Crippen LogP contribution >= 0.6 is 21.6 Å². The van der Waals surface area contributed by atoms with Crippen LogP contribution in [0.5, 0.6) is 0 Å². The fourth-order valence-electron chi connectivity index (χ4n) is 0.604. The molecule has 86 valence electrons. The van der Waals surface area contributed by atoms with Gasteiger partial charge in [-0.25, -0.2) is 0 Å². The van der Waals surface area contributed by atoms with E-state index in [1.54, 1.807) is 17.7 Å². The summed E-state index contributed by atoms with van der Waals surface area (Å²) < 4.78 is 0. The zero-order valence-electron chi connectivity index (χ0n) is 8.62. The van der Waals surface area contributed by atoms with Crippen molar-refractivity contribution in [3.8, 4) is 0 Å². The molecule has 0 bridgehead atoms. The molecule has 6 heteroatoms. The Morgan fingerprint density at radius 1 is 1.33 bits per heavy atom. The smallest absolute Gasteiger partial charge is 0.304 e. The Bertz CT molecular complexity index is 244. The van der Waals surface area contributed by atoms with Crippen LogP contribution in [0.4, 0.5) is 0 Å². The average Bonchev–Trinajstić information content (AvgIpc) is 2.15. The summed E-state index contributed by atoms with van der Waals surface area (Å²) in [5.41, 5.74) is 0.499. The Labute approximate surface area is 97.3 Å². The molecule has 0 aromatic carbocycles. The van der Waals surface area contributed by atoms with E-state index in [4.69, 9.17) is 5.11 Å². The Morgan fingerprint density at radius 3 is 2.47 bits per heavy atom. The second kappa shape index (κ2) is 8.67. The van der Waals surface area contributed by atoms with Crippen LogP contribution in [0.15, 0.2) is 12.2 Å². The number of carboxylic acids is 1. The molecule has 0 spiro atoms. The lowest BCUT2D eigenvalue weighted by Crippen LogP contribution is -2.25. The van der Waals surface area contributed by atoms with Crippen LogP contribution in [-0.2, 0) is 9.59 Å². The molecule has 2 N–H and O–H groups in total. The van der Waals surface area contributed by atoms with Gasteiger partial charge in [0.25, 0.3) is 0 Å². The highest BCUT2D eigenvalue weighted by atomic mass is 33.1. The van der Waals surface area contributed by atoms with Gasteiger partial charge in [0.2, 0.25) is 5.91 Å². The van der Waals surface area contributed by atoms with Crippen LogP contribution in [0, 0.1) is 0 Å². The van der Waals surface area contributed by atoms with Crippen molar-refractivity contribution in [2.75, 3.05) is 18.1 Å². The van der Waals surface area contributed by atoms with Crippen LogP contribution in [0.25, 0.3) is 0 Å². The molecule has 0 aliphatic carbocycles. The van der Waals surface area contributed by atoms with Crippen LogP contribution < -0.4 is 5.32 Å².